The highest BCUT2D eigenvalue weighted by Gasteiger charge is 2.12. The van der Waals surface area contributed by atoms with Crippen molar-refractivity contribution in [2.45, 2.75) is 13.1 Å². The summed E-state index contributed by atoms with van der Waals surface area (Å²) >= 11 is 1.66. The van der Waals surface area contributed by atoms with Crippen molar-refractivity contribution in [1.29, 1.82) is 0 Å². The molecule has 0 radical (unpaired) electrons. The van der Waals surface area contributed by atoms with Crippen LogP contribution in [0.5, 0.6) is 0 Å². The molecule has 0 aliphatic carbocycles. The highest BCUT2D eigenvalue weighted by molar-refractivity contribution is 7.13. The van der Waals surface area contributed by atoms with Crippen LogP contribution in [0.2, 0.25) is 0 Å². The van der Waals surface area contributed by atoms with E-state index in [0.29, 0.717) is 6.61 Å². The lowest BCUT2D eigenvalue weighted by molar-refractivity contribution is 0.138. The molecule has 0 N–H and O–H groups in total. The monoisotopic (exact) mass is 328 g/mol. The molecule has 0 bridgehead atoms. The second kappa shape index (κ2) is 8.06. The zero-order valence-electron chi connectivity index (χ0n) is 13.1. The maximum absolute atomic E-state index is 5.47. The minimum absolute atomic E-state index is 0.697. The first kappa shape index (κ1) is 15.9. The zero-order chi connectivity index (χ0) is 15.9. The summed E-state index contributed by atoms with van der Waals surface area (Å²) in [6.45, 7) is 3.16. The lowest BCUT2D eigenvalue weighted by Crippen LogP contribution is -2.26. The van der Waals surface area contributed by atoms with Gasteiger partial charge in [-0.1, -0.05) is 41.6 Å². The van der Waals surface area contributed by atoms with Gasteiger partial charge in [0.05, 0.1) is 17.2 Å². The minimum atomic E-state index is 0.697. The van der Waals surface area contributed by atoms with E-state index in [2.05, 4.69) is 34.3 Å². The van der Waals surface area contributed by atoms with Crippen LogP contribution in [0.4, 0.5) is 0 Å². The van der Waals surface area contributed by atoms with Crippen LogP contribution >= 0.6 is 11.3 Å². The molecule has 0 aliphatic heterocycles. The van der Waals surface area contributed by atoms with Crippen LogP contribution in [-0.2, 0) is 17.8 Å². The molecule has 3 aromatic rings. The van der Waals surface area contributed by atoms with Gasteiger partial charge in [0.25, 0.3) is 0 Å². The Kier molecular flexibility index (Phi) is 5.58. The topological polar surface area (TPSA) is 38.5 Å². The van der Waals surface area contributed by atoms with Gasteiger partial charge in [-0.25, -0.2) is 0 Å². The molecule has 0 amide bonds. The lowest BCUT2D eigenvalue weighted by Gasteiger charge is -2.20. The lowest BCUT2D eigenvalue weighted by atomic mass is 10.2. The number of rotatable bonds is 8. The van der Waals surface area contributed by atoms with E-state index in [4.69, 9.17) is 9.26 Å². The number of hydrogen-bond donors (Lipinski definition) is 0. The van der Waals surface area contributed by atoms with E-state index in [1.54, 1.807) is 18.4 Å². The number of aromatic nitrogens is 1. The summed E-state index contributed by atoms with van der Waals surface area (Å²) in [5.74, 6) is 0.835. The van der Waals surface area contributed by atoms with Crippen molar-refractivity contribution in [2.75, 3.05) is 20.3 Å². The number of hydrogen-bond acceptors (Lipinski definition) is 5. The Labute approximate surface area is 140 Å². The fourth-order valence-electron chi connectivity index (χ4n) is 2.43. The first-order valence-electron chi connectivity index (χ1n) is 7.60. The smallest absolute Gasteiger partial charge is 0.177 e. The van der Waals surface area contributed by atoms with Gasteiger partial charge in [-0.15, -0.1) is 11.3 Å². The Hall–Kier alpha value is -1.95. The predicted molar refractivity (Wildman–Crippen MR) is 92.2 cm³/mol. The van der Waals surface area contributed by atoms with Gasteiger partial charge in [0, 0.05) is 32.8 Å². The maximum atomic E-state index is 5.47. The molecule has 0 atom stereocenters. The summed E-state index contributed by atoms with van der Waals surface area (Å²) in [6.07, 6.45) is 0. The molecule has 0 saturated heterocycles. The molecule has 0 spiro atoms. The summed E-state index contributed by atoms with van der Waals surface area (Å²) < 4.78 is 10.7. The van der Waals surface area contributed by atoms with Crippen molar-refractivity contribution >= 4 is 11.3 Å². The summed E-state index contributed by atoms with van der Waals surface area (Å²) in [6, 6.07) is 16.5. The molecule has 4 nitrogen and oxygen atoms in total. The molecule has 0 saturated carbocycles. The van der Waals surface area contributed by atoms with Gasteiger partial charge >= 0.3 is 0 Å². The zero-order valence-corrected chi connectivity index (χ0v) is 14.0. The Morgan fingerprint density at radius 3 is 2.74 bits per heavy atom. The van der Waals surface area contributed by atoms with Gasteiger partial charge < -0.3 is 9.26 Å². The molecular weight excluding hydrogens is 308 g/mol. The van der Waals surface area contributed by atoms with Crippen LogP contribution in [0.3, 0.4) is 0 Å². The third-order valence-electron chi connectivity index (χ3n) is 3.57. The van der Waals surface area contributed by atoms with Crippen molar-refractivity contribution in [1.82, 2.24) is 10.1 Å². The molecule has 23 heavy (non-hydrogen) atoms. The fraction of sp³-hybridized carbons (Fsp3) is 0.278. The quantitative estimate of drug-likeness (QED) is 0.625. The van der Waals surface area contributed by atoms with E-state index in [1.807, 2.05) is 29.6 Å². The number of nitrogens with zero attached hydrogens (tertiary/aromatic N) is 2. The average molecular weight is 328 g/mol. The molecule has 5 heteroatoms. The second-order valence-electron chi connectivity index (χ2n) is 5.35. The molecule has 0 fully saturated rings. The van der Waals surface area contributed by atoms with Gasteiger partial charge in [-0.2, -0.15) is 0 Å². The van der Waals surface area contributed by atoms with Crippen molar-refractivity contribution in [3.8, 4) is 10.6 Å². The van der Waals surface area contributed by atoms with E-state index in [9.17, 15) is 0 Å². The van der Waals surface area contributed by atoms with Gasteiger partial charge in [0.2, 0.25) is 0 Å². The highest BCUT2D eigenvalue weighted by atomic mass is 32.1. The highest BCUT2D eigenvalue weighted by Crippen LogP contribution is 2.25. The van der Waals surface area contributed by atoms with Crippen LogP contribution in [0.1, 0.15) is 11.3 Å². The number of benzene rings is 1. The van der Waals surface area contributed by atoms with Gasteiger partial charge in [0.1, 0.15) is 0 Å². The Morgan fingerprint density at radius 1 is 1.13 bits per heavy atom. The number of thiophene rings is 1. The molecule has 0 unspecified atom stereocenters. The molecular formula is C18H20N2O2S. The van der Waals surface area contributed by atoms with Crippen molar-refractivity contribution in [2.24, 2.45) is 0 Å². The fourth-order valence-corrected chi connectivity index (χ4v) is 3.10. The number of ether oxygens (including phenoxy) is 1. The van der Waals surface area contributed by atoms with E-state index >= 15 is 0 Å². The molecule has 120 valence electrons. The van der Waals surface area contributed by atoms with Gasteiger partial charge in [-0.3, -0.25) is 4.90 Å². The van der Waals surface area contributed by atoms with Crippen LogP contribution in [0, 0.1) is 0 Å². The van der Waals surface area contributed by atoms with E-state index < -0.39 is 0 Å². The minimum Gasteiger partial charge on any atom is -0.383 e. The molecule has 1 aromatic carbocycles. The standard InChI is InChI=1S/C18H20N2O2S/c1-21-10-9-20(13-15-6-3-2-4-7-15)14-16-12-17(22-19-16)18-8-5-11-23-18/h2-8,11-12H,9-10,13-14H2,1H3. The SMILES string of the molecule is COCCN(Cc1ccccc1)Cc1cc(-c2cccs2)on1. The Bertz CT molecular complexity index is 695. The van der Waals surface area contributed by atoms with Crippen LogP contribution in [0.15, 0.2) is 58.4 Å². The molecule has 2 aromatic heterocycles. The van der Waals surface area contributed by atoms with Crippen LogP contribution in [0.25, 0.3) is 10.6 Å². The van der Waals surface area contributed by atoms with E-state index in [1.165, 1.54) is 5.56 Å². The normalized spacial score (nSPS) is 11.2. The largest absolute Gasteiger partial charge is 0.383 e. The van der Waals surface area contributed by atoms with Gasteiger partial charge in [-0.05, 0) is 17.0 Å². The van der Waals surface area contributed by atoms with E-state index in [-0.39, 0.29) is 0 Å². The van der Waals surface area contributed by atoms with Crippen molar-refractivity contribution in [3.05, 3.63) is 65.2 Å². The Morgan fingerprint density at radius 2 is 2.00 bits per heavy atom. The summed E-state index contributed by atoms with van der Waals surface area (Å²) in [5, 5.41) is 6.25. The van der Waals surface area contributed by atoms with Crippen LogP contribution < -0.4 is 0 Å². The van der Waals surface area contributed by atoms with E-state index in [0.717, 1.165) is 36.0 Å². The summed E-state index contributed by atoms with van der Waals surface area (Å²) in [7, 11) is 1.73. The second-order valence-corrected chi connectivity index (χ2v) is 6.30. The number of methoxy groups -OCH3 is 1. The predicted octanol–water partition coefficient (Wildman–Crippen LogP) is 4.05. The Balaban J connectivity index is 1.68. The molecule has 3 rings (SSSR count). The van der Waals surface area contributed by atoms with Crippen molar-refractivity contribution in [3.63, 3.8) is 0 Å². The first-order chi connectivity index (χ1) is 11.3. The van der Waals surface area contributed by atoms with Gasteiger partial charge in [0.15, 0.2) is 5.76 Å². The van der Waals surface area contributed by atoms with Crippen LogP contribution in [-0.4, -0.2) is 30.3 Å². The summed E-state index contributed by atoms with van der Waals surface area (Å²) in [4.78, 5) is 3.42. The first-order valence-corrected chi connectivity index (χ1v) is 8.48. The van der Waals surface area contributed by atoms with Crippen molar-refractivity contribution < 1.29 is 9.26 Å². The molecule has 0 aliphatic rings. The molecule has 2 heterocycles. The third-order valence-corrected chi connectivity index (χ3v) is 4.45. The third kappa shape index (κ3) is 4.51. The maximum Gasteiger partial charge on any atom is 0.177 e. The summed E-state index contributed by atoms with van der Waals surface area (Å²) in [5.41, 5.74) is 2.23. The average Bonchev–Trinajstić information content (AvgIpc) is 3.25.